The zero-order chi connectivity index (χ0) is 13.3. The molecule has 4 nitrogen and oxygen atoms in total. The molecule has 0 amide bonds. The van der Waals surface area contributed by atoms with Crippen LogP contribution in [0.3, 0.4) is 0 Å². The standard InChI is InChI=1S/C14H18N2O2/c1-8(2)13-12(14(15)18-16-13)10-5-6-11(17-4)9(3)7-10/h5-8H,15H2,1-4H3. The zero-order valence-corrected chi connectivity index (χ0v) is 11.2. The van der Waals surface area contributed by atoms with E-state index in [4.69, 9.17) is 15.0 Å². The van der Waals surface area contributed by atoms with Crippen LogP contribution in [-0.2, 0) is 0 Å². The molecule has 0 aliphatic rings. The molecule has 0 unspecified atom stereocenters. The van der Waals surface area contributed by atoms with Gasteiger partial charge < -0.3 is 15.0 Å². The van der Waals surface area contributed by atoms with Gasteiger partial charge in [0.2, 0.25) is 5.88 Å². The minimum absolute atomic E-state index is 0.267. The first kappa shape index (κ1) is 12.5. The van der Waals surface area contributed by atoms with Gasteiger partial charge in [0.1, 0.15) is 5.75 Å². The fourth-order valence-corrected chi connectivity index (χ4v) is 2.03. The van der Waals surface area contributed by atoms with E-state index in [1.807, 2.05) is 25.1 Å². The second-order valence-corrected chi connectivity index (χ2v) is 4.65. The highest BCUT2D eigenvalue weighted by atomic mass is 16.5. The number of nitrogen functional groups attached to an aromatic ring is 1. The predicted molar refractivity (Wildman–Crippen MR) is 71.7 cm³/mol. The van der Waals surface area contributed by atoms with Gasteiger partial charge in [-0.05, 0) is 36.1 Å². The first-order valence-corrected chi connectivity index (χ1v) is 5.94. The molecule has 2 rings (SSSR count). The van der Waals surface area contributed by atoms with Gasteiger partial charge >= 0.3 is 0 Å². The molecule has 2 aromatic rings. The van der Waals surface area contributed by atoms with Gasteiger partial charge in [-0.1, -0.05) is 25.1 Å². The van der Waals surface area contributed by atoms with Crippen molar-refractivity contribution in [2.45, 2.75) is 26.7 Å². The number of rotatable bonds is 3. The first-order valence-electron chi connectivity index (χ1n) is 5.94. The van der Waals surface area contributed by atoms with Gasteiger partial charge in [0.05, 0.1) is 18.4 Å². The van der Waals surface area contributed by atoms with Gasteiger partial charge in [-0.15, -0.1) is 0 Å². The quantitative estimate of drug-likeness (QED) is 0.902. The summed E-state index contributed by atoms with van der Waals surface area (Å²) in [5, 5.41) is 4.03. The smallest absolute Gasteiger partial charge is 0.230 e. The third-order valence-corrected chi connectivity index (χ3v) is 2.98. The van der Waals surface area contributed by atoms with Crippen molar-refractivity contribution < 1.29 is 9.26 Å². The second-order valence-electron chi connectivity index (χ2n) is 4.65. The number of anilines is 1. The number of hydrogen-bond acceptors (Lipinski definition) is 4. The summed E-state index contributed by atoms with van der Waals surface area (Å²) >= 11 is 0. The lowest BCUT2D eigenvalue weighted by Crippen LogP contribution is -1.94. The lowest BCUT2D eigenvalue weighted by Gasteiger charge is -2.08. The summed E-state index contributed by atoms with van der Waals surface area (Å²) in [5.41, 5.74) is 9.71. The largest absolute Gasteiger partial charge is 0.496 e. The molecule has 0 spiro atoms. The van der Waals surface area contributed by atoms with Gasteiger partial charge in [-0.2, -0.15) is 0 Å². The molecule has 4 heteroatoms. The Morgan fingerprint density at radius 2 is 2.06 bits per heavy atom. The third-order valence-electron chi connectivity index (χ3n) is 2.98. The van der Waals surface area contributed by atoms with Crippen LogP contribution in [0.15, 0.2) is 22.7 Å². The molecule has 1 aromatic heterocycles. The molecular weight excluding hydrogens is 228 g/mol. The maximum atomic E-state index is 5.87. The van der Waals surface area contributed by atoms with E-state index in [1.165, 1.54) is 0 Å². The molecule has 1 aromatic carbocycles. The Hall–Kier alpha value is -1.97. The SMILES string of the molecule is COc1ccc(-c2c(C(C)C)noc2N)cc1C. The highest BCUT2D eigenvalue weighted by Gasteiger charge is 2.18. The van der Waals surface area contributed by atoms with Gasteiger partial charge in [-0.25, -0.2) is 0 Å². The van der Waals surface area contributed by atoms with Crippen LogP contribution >= 0.6 is 0 Å². The molecule has 0 bridgehead atoms. The summed E-state index contributed by atoms with van der Waals surface area (Å²) in [6.07, 6.45) is 0. The molecule has 2 N–H and O–H groups in total. The van der Waals surface area contributed by atoms with E-state index in [-0.39, 0.29) is 5.92 Å². The number of hydrogen-bond donors (Lipinski definition) is 1. The van der Waals surface area contributed by atoms with Gasteiger partial charge in [0, 0.05) is 0 Å². The molecule has 18 heavy (non-hydrogen) atoms. The van der Waals surface area contributed by atoms with E-state index < -0.39 is 0 Å². The Bertz CT molecular complexity index is 559. The van der Waals surface area contributed by atoms with Crippen LogP contribution in [0.25, 0.3) is 11.1 Å². The fraction of sp³-hybridized carbons (Fsp3) is 0.357. The lowest BCUT2D eigenvalue weighted by molar-refractivity contribution is 0.412. The summed E-state index contributed by atoms with van der Waals surface area (Å²) in [6.45, 7) is 6.13. The van der Waals surface area contributed by atoms with Crippen molar-refractivity contribution in [1.82, 2.24) is 5.16 Å². The average Bonchev–Trinajstić information content (AvgIpc) is 2.71. The molecule has 0 fully saturated rings. The van der Waals surface area contributed by atoms with Crippen molar-refractivity contribution in [3.8, 4) is 16.9 Å². The minimum Gasteiger partial charge on any atom is -0.496 e. The molecule has 0 aliphatic heterocycles. The summed E-state index contributed by atoms with van der Waals surface area (Å²) < 4.78 is 10.4. The fourth-order valence-electron chi connectivity index (χ4n) is 2.03. The van der Waals surface area contributed by atoms with Crippen molar-refractivity contribution in [3.05, 3.63) is 29.5 Å². The van der Waals surface area contributed by atoms with Crippen LogP contribution < -0.4 is 10.5 Å². The summed E-state index contributed by atoms with van der Waals surface area (Å²) in [4.78, 5) is 0. The molecule has 0 radical (unpaired) electrons. The van der Waals surface area contributed by atoms with E-state index in [0.29, 0.717) is 5.88 Å². The number of aryl methyl sites for hydroxylation is 1. The van der Waals surface area contributed by atoms with Crippen molar-refractivity contribution in [2.24, 2.45) is 0 Å². The van der Waals surface area contributed by atoms with Crippen LogP contribution in [0.5, 0.6) is 5.75 Å². The normalized spacial score (nSPS) is 10.9. The van der Waals surface area contributed by atoms with Gasteiger partial charge in [0.25, 0.3) is 0 Å². The Balaban J connectivity index is 2.55. The Morgan fingerprint density at radius 3 is 2.61 bits per heavy atom. The van der Waals surface area contributed by atoms with E-state index in [9.17, 15) is 0 Å². The van der Waals surface area contributed by atoms with Crippen LogP contribution in [0, 0.1) is 6.92 Å². The van der Waals surface area contributed by atoms with Crippen LogP contribution in [0.2, 0.25) is 0 Å². The number of aromatic nitrogens is 1. The van der Waals surface area contributed by atoms with Crippen molar-refractivity contribution >= 4 is 5.88 Å². The number of nitrogens with zero attached hydrogens (tertiary/aromatic N) is 1. The molecule has 96 valence electrons. The van der Waals surface area contributed by atoms with E-state index in [1.54, 1.807) is 7.11 Å². The first-order chi connectivity index (χ1) is 8.54. The topological polar surface area (TPSA) is 61.3 Å². The summed E-state index contributed by atoms with van der Waals surface area (Å²) in [6, 6.07) is 5.94. The van der Waals surface area contributed by atoms with Gasteiger partial charge in [0.15, 0.2) is 0 Å². The van der Waals surface area contributed by atoms with Crippen molar-refractivity contribution in [3.63, 3.8) is 0 Å². The van der Waals surface area contributed by atoms with Crippen LogP contribution in [0.4, 0.5) is 5.88 Å². The van der Waals surface area contributed by atoms with Crippen LogP contribution in [0.1, 0.15) is 31.0 Å². The monoisotopic (exact) mass is 246 g/mol. The maximum Gasteiger partial charge on any atom is 0.230 e. The predicted octanol–water partition coefficient (Wildman–Crippen LogP) is 3.36. The van der Waals surface area contributed by atoms with Crippen LogP contribution in [-0.4, -0.2) is 12.3 Å². The highest BCUT2D eigenvalue weighted by Crippen LogP contribution is 2.35. The number of benzene rings is 1. The van der Waals surface area contributed by atoms with E-state index in [2.05, 4.69) is 19.0 Å². The second kappa shape index (κ2) is 4.72. The van der Waals surface area contributed by atoms with Gasteiger partial charge in [-0.3, -0.25) is 0 Å². The molecule has 0 atom stereocenters. The highest BCUT2D eigenvalue weighted by molar-refractivity contribution is 5.76. The van der Waals surface area contributed by atoms with Crippen molar-refractivity contribution in [1.29, 1.82) is 0 Å². The Kier molecular flexibility index (Phi) is 3.28. The third kappa shape index (κ3) is 2.06. The average molecular weight is 246 g/mol. The minimum atomic E-state index is 0.267. The molecule has 0 saturated heterocycles. The number of methoxy groups -OCH3 is 1. The summed E-state index contributed by atoms with van der Waals surface area (Å²) in [7, 11) is 1.66. The number of nitrogens with two attached hydrogens (primary N) is 1. The lowest BCUT2D eigenvalue weighted by atomic mass is 9.98. The van der Waals surface area contributed by atoms with E-state index >= 15 is 0 Å². The molecular formula is C14H18N2O2. The Labute approximate surface area is 107 Å². The summed E-state index contributed by atoms with van der Waals surface area (Å²) in [5.74, 6) is 1.49. The van der Waals surface area contributed by atoms with E-state index in [0.717, 1.165) is 28.1 Å². The molecule has 1 heterocycles. The molecule has 0 aliphatic carbocycles. The number of ether oxygens (including phenoxy) is 1. The zero-order valence-electron chi connectivity index (χ0n) is 11.2. The molecule has 0 saturated carbocycles. The maximum absolute atomic E-state index is 5.87. The Morgan fingerprint density at radius 1 is 1.33 bits per heavy atom. The van der Waals surface area contributed by atoms with Crippen molar-refractivity contribution in [2.75, 3.05) is 12.8 Å².